The SMILES string of the molecule is C/C(=N/NC(=O)c1ccccc1[N+](=O)[O-])C1C(=O)c2ccccc2C1=O. The molecule has 8 nitrogen and oxygen atoms in total. The van der Waals surface area contributed by atoms with Gasteiger partial charge in [-0.3, -0.25) is 24.5 Å². The third-order valence-corrected chi connectivity index (χ3v) is 4.08. The zero-order valence-corrected chi connectivity index (χ0v) is 13.6. The van der Waals surface area contributed by atoms with Crippen molar-refractivity contribution in [2.24, 2.45) is 11.0 Å². The van der Waals surface area contributed by atoms with E-state index < -0.39 is 16.7 Å². The van der Waals surface area contributed by atoms with Crippen LogP contribution in [0.5, 0.6) is 0 Å². The van der Waals surface area contributed by atoms with Gasteiger partial charge in [0, 0.05) is 17.2 Å². The second-order valence-electron chi connectivity index (χ2n) is 5.68. The first kappa shape index (κ1) is 17.2. The molecular weight excluding hydrogens is 338 g/mol. The van der Waals surface area contributed by atoms with Crippen LogP contribution in [0.15, 0.2) is 53.6 Å². The summed E-state index contributed by atoms with van der Waals surface area (Å²) in [6, 6.07) is 11.9. The van der Waals surface area contributed by atoms with E-state index in [1.165, 1.54) is 31.2 Å². The molecule has 1 aliphatic carbocycles. The molecule has 26 heavy (non-hydrogen) atoms. The molecule has 0 saturated heterocycles. The van der Waals surface area contributed by atoms with Gasteiger partial charge in [0.2, 0.25) is 0 Å². The Hall–Kier alpha value is -3.68. The van der Waals surface area contributed by atoms with Crippen molar-refractivity contribution in [2.75, 3.05) is 0 Å². The number of nitrogens with zero attached hydrogens (tertiary/aromatic N) is 2. The van der Waals surface area contributed by atoms with E-state index >= 15 is 0 Å². The Bertz CT molecular complexity index is 945. The Morgan fingerprint density at radius 1 is 1.04 bits per heavy atom. The Kier molecular flexibility index (Phi) is 4.40. The van der Waals surface area contributed by atoms with Gasteiger partial charge in [-0.1, -0.05) is 36.4 Å². The number of para-hydroxylation sites is 1. The molecule has 0 saturated carbocycles. The Morgan fingerprint density at radius 3 is 2.15 bits per heavy atom. The van der Waals surface area contributed by atoms with E-state index in [4.69, 9.17) is 0 Å². The fourth-order valence-corrected chi connectivity index (χ4v) is 2.81. The first-order chi connectivity index (χ1) is 12.4. The summed E-state index contributed by atoms with van der Waals surface area (Å²) in [4.78, 5) is 47.3. The zero-order valence-electron chi connectivity index (χ0n) is 13.6. The van der Waals surface area contributed by atoms with Gasteiger partial charge in [0.25, 0.3) is 11.6 Å². The van der Waals surface area contributed by atoms with Crippen LogP contribution in [0.3, 0.4) is 0 Å². The zero-order chi connectivity index (χ0) is 18.8. The highest BCUT2D eigenvalue weighted by atomic mass is 16.6. The monoisotopic (exact) mass is 351 g/mol. The maximum atomic E-state index is 12.4. The molecule has 2 aromatic rings. The van der Waals surface area contributed by atoms with Crippen LogP contribution in [-0.4, -0.2) is 28.1 Å². The first-order valence-corrected chi connectivity index (χ1v) is 7.67. The molecule has 3 rings (SSSR count). The van der Waals surface area contributed by atoms with Crippen LogP contribution in [0.2, 0.25) is 0 Å². The molecule has 0 radical (unpaired) electrons. The van der Waals surface area contributed by atoms with Crippen molar-refractivity contribution < 1.29 is 19.3 Å². The normalized spacial score (nSPS) is 14.3. The van der Waals surface area contributed by atoms with Gasteiger partial charge in [-0.05, 0) is 13.0 Å². The quantitative estimate of drug-likeness (QED) is 0.393. The van der Waals surface area contributed by atoms with E-state index in [0.29, 0.717) is 11.1 Å². The summed E-state index contributed by atoms with van der Waals surface area (Å²) in [5.74, 6) is -2.66. The van der Waals surface area contributed by atoms with Crippen LogP contribution >= 0.6 is 0 Å². The highest BCUT2D eigenvalue weighted by molar-refractivity contribution is 6.36. The van der Waals surface area contributed by atoms with Crippen LogP contribution < -0.4 is 5.43 Å². The van der Waals surface area contributed by atoms with Crippen molar-refractivity contribution in [3.05, 3.63) is 75.3 Å². The molecule has 0 aliphatic heterocycles. The van der Waals surface area contributed by atoms with Gasteiger partial charge in [-0.2, -0.15) is 5.10 Å². The maximum absolute atomic E-state index is 12.4. The molecule has 1 amide bonds. The average Bonchev–Trinajstić information content (AvgIpc) is 2.90. The molecule has 0 fully saturated rings. The summed E-state index contributed by atoms with van der Waals surface area (Å²) >= 11 is 0. The summed E-state index contributed by atoms with van der Waals surface area (Å²) in [6.45, 7) is 1.45. The average molecular weight is 351 g/mol. The Balaban J connectivity index is 1.82. The number of benzene rings is 2. The smallest absolute Gasteiger partial charge is 0.282 e. The minimum atomic E-state index is -1.10. The molecule has 0 unspecified atom stereocenters. The number of nitro benzene ring substituents is 1. The molecule has 8 heteroatoms. The summed E-state index contributed by atoms with van der Waals surface area (Å²) in [5, 5.41) is 14.8. The number of hydrogen-bond donors (Lipinski definition) is 1. The van der Waals surface area contributed by atoms with E-state index in [9.17, 15) is 24.5 Å². The highest BCUT2D eigenvalue weighted by Crippen LogP contribution is 2.27. The number of Topliss-reactive ketones (excluding diaryl/α,β-unsaturated/α-hetero) is 2. The minimum absolute atomic E-state index is 0.114. The molecule has 130 valence electrons. The molecule has 0 spiro atoms. The van der Waals surface area contributed by atoms with Crippen molar-refractivity contribution in [1.29, 1.82) is 0 Å². The van der Waals surface area contributed by atoms with Crippen LogP contribution in [0, 0.1) is 16.0 Å². The van der Waals surface area contributed by atoms with E-state index in [0.717, 1.165) is 0 Å². The van der Waals surface area contributed by atoms with Crippen LogP contribution in [-0.2, 0) is 0 Å². The van der Waals surface area contributed by atoms with Crippen LogP contribution in [0.4, 0.5) is 5.69 Å². The summed E-state index contributed by atoms with van der Waals surface area (Å²) in [6.07, 6.45) is 0. The standard InChI is InChI=1S/C18H13N3O5/c1-10(15-16(22)11-6-2-3-7-12(11)17(15)23)19-20-18(24)13-8-4-5-9-14(13)21(25)26/h2-9,15H,1H3,(H,20,24)/b19-10-. The van der Waals surface area contributed by atoms with Crippen LogP contribution in [0.1, 0.15) is 38.0 Å². The lowest BCUT2D eigenvalue weighted by atomic mass is 9.99. The highest BCUT2D eigenvalue weighted by Gasteiger charge is 2.40. The van der Waals surface area contributed by atoms with Gasteiger partial charge in [0.1, 0.15) is 11.5 Å². The van der Waals surface area contributed by atoms with Crippen molar-refractivity contribution in [1.82, 2.24) is 5.43 Å². The summed E-state index contributed by atoms with van der Waals surface area (Å²) < 4.78 is 0. The van der Waals surface area contributed by atoms with E-state index in [2.05, 4.69) is 10.5 Å². The van der Waals surface area contributed by atoms with Gasteiger partial charge in [-0.15, -0.1) is 0 Å². The van der Waals surface area contributed by atoms with Gasteiger partial charge >= 0.3 is 0 Å². The number of hydrazone groups is 1. The third-order valence-electron chi connectivity index (χ3n) is 4.08. The van der Waals surface area contributed by atoms with E-state index in [1.807, 2.05) is 0 Å². The number of fused-ring (bicyclic) bond motifs is 1. The molecule has 0 atom stereocenters. The molecule has 0 aromatic heterocycles. The summed E-state index contributed by atoms with van der Waals surface area (Å²) in [7, 11) is 0. The van der Waals surface area contributed by atoms with Gasteiger partial charge < -0.3 is 0 Å². The van der Waals surface area contributed by atoms with E-state index in [-0.39, 0.29) is 28.5 Å². The van der Waals surface area contributed by atoms with Crippen molar-refractivity contribution >= 4 is 28.9 Å². The number of carbonyl (C=O) groups is 3. The predicted molar refractivity (Wildman–Crippen MR) is 92.3 cm³/mol. The largest absolute Gasteiger partial charge is 0.293 e. The number of carbonyl (C=O) groups excluding carboxylic acids is 3. The fraction of sp³-hybridized carbons (Fsp3) is 0.111. The van der Waals surface area contributed by atoms with Gasteiger partial charge in [0.05, 0.1) is 10.6 Å². The Morgan fingerprint density at radius 2 is 1.58 bits per heavy atom. The third kappa shape index (κ3) is 2.88. The lowest BCUT2D eigenvalue weighted by Gasteiger charge is -2.07. The topological polar surface area (TPSA) is 119 Å². The number of ketones is 2. The van der Waals surface area contributed by atoms with E-state index in [1.54, 1.807) is 24.3 Å². The number of nitrogens with one attached hydrogen (secondary N) is 1. The molecular formula is C18H13N3O5. The predicted octanol–water partition coefficient (Wildman–Crippen LogP) is 2.40. The number of hydrogen-bond acceptors (Lipinski definition) is 6. The molecule has 2 aromatic carbocycles. The number of nitro groups is 1. The van der Waals surface area contributed by atoms with Crippen molar-refractivity contribution in [3.8, 4) is 0 Å². The second kappa shape index (κ2) is 6.67. The molecule has 1 aliphatic rings. The van der Waals surface area contributed by atoms with Crippen molar-refractivity contribution in [3.63, 3.8) is 0 Å². The number of amides is 1. The molecule has 1 N–H and O–H groups in total. The number of rotatable bonds is 4. The van der Waals surface area contributed by atoms with Gasteiger partial charge in [0.15, 0.2) is 11.6 Å². The first-order valence-electron chi connectivity index (χ1n) is 7.67. The minimum Gasteiger partial charge on any atom is -0.293 e. The molecule has 0 bridgehead atoms. The van der Waals surface area contributed by atoms with Gasteiger partial charge in [-0.25, -0.2) is 5.43 Å². The lowest BCUT2D eigenvalue weighted by Crippen LogP contribution is -2.27. The van der Waals surface area contributed by atoms with Crippen LogP contribution in [0.25, 0.3) is 0 Å². The fourth-order valence-electron chi connectivity index (χ4n) is 2.81. The van der Waals surface area contributed by atoms with Crippen molar-refractivity contribution in [2.45, 2.75) is 6.92 Å². The summed E-state index contributed by atoms with van der Waals surface area (Å²) in [5.41, 5.74) is 2.41. The second-order valence-corrected chi connectivity index (χ2v) is 5.68. The lowest BCUT2D eigenvalue weighted by molar-refractivity contribution is -0.385. The maximum Gasteiger partial charge on any atom is 0.282 e. The Labute approximate surface area is 147 Å². The molecule has 0 heterocycles.